The zero-order chi connectivity index (χ0) is 19.4. The van der Waals surface area contributed by atoms with Crippen molar-refractivity contribution in [2.24, 2.45) is 4.99 Å². The van der Waals surface area contributed by atoms with Crippen LogP contribution < -0.4 is 15.4 Å². The van der Waals surface area contributed by atoms with Gasteiger partial charge in [0.05, 0.1) is 13.2 Å². The fourth-order valence-electron chi connectivity index (χ4n) is 2.18. The van der Waals surface area contributed by atoms with E-state index < -0.39 is 10.0 Å². The van der Waals surface area contributed by atoms with Crippen LogP contribution in [-0.4, -0.2) is 52.7 Å². The average molecular weight is 519 g/mol. The van der Waals surface area contributed by atoms with Gasteiger partial charge in [0.2, 0.25) is 10.0 Å². The summed E-state index contributed by atoms with van der Waals surface area (Å²) in [5.74, 6) is 0.582. The van der Waals surface area contributed by atoms with Crippen molar-refractivity contribution >= 4 is 40.0 Å². The third kappa shape index (κ3) is 8.95. The maximum Gasteiger partial charge on any atom is 0.242 e. The van der Waals surface area contributed by atoms with Crippen LogP contribution in [0.25, 0.3) is 0 Å². The van der Waals surface area contributed by atoms with Gasteiger partial charge < -0.3 is 15.4 Å². The summed E-state index contributed by atoms with van der Waals surface area (Å²) in [5, 5.41) is 6.15. The molecule has 0 unspecified atom stereocenters. The summed E-state index contributed by atoms with van der Waals surface area (Å²) >= 11 is 0. The average Bonchev–Trinajstić information content (AvgIpc) is 2.70. The number of aliphatic imine (C=N–C) groups is 1. The molecule has 0 spiro atoms. The van der Waals surface area contributed by atoms with Crippen LogP contribution in [0.4, 0.5) is 0 Å². The number of ether oxygens (including phenoxy) is 1. The Hall–Kier alpha value is -1.76. The Bertz CT molecular complexity index is 804. The highest BCUT2D eigenvalue weighted by Crippen LogP contribution is 2.04. The number of hydrogen-bond acceptors (Lipinski definition) is 5. The van der Waals surface area contributed by atoms with Crippen LogP contribution in [-0.2, 0) is 21.4 Å². The van der Waals surface area contributed by atoms with E-state index in [1.165, 1.54) is 18.5 Å². The van der Waals surface area contributed by atoms with Crippen molar-refractivity contribution in [3.63, 3.8) is 0 Å². The predicted molar refractivity (Wildman–Crippen MR) is 120 cm³/mol. The van der Waals surface area contributed by atoms with E-state index in [2.05, 4.69) is 25.3 Å². The molecule has 0 radical (unpaired) electrons. The molecule has 0 aliphatic rings. The molecule has 0 fully saturated rings. The van der Waals surface area contributed by atoms with Crippen LogP contribution in [0.5, 0.6) is 0 Å². The fraction of sp³-hybridized carbons (Fsp3) is 0.333. The minimum Gasteiger partial charge on any atom is -0.375 e. The van der Waals surface area contributed by atoms with Gasteiger partial charge in [0.25, 0.3) is 0 Å². The summed E-state index contributed by atoms with van der Waals surface area (Å²) in [6, 6.07) is 13.0. The molecule has 0 aliphatic carbocycles. The number of rotatable bonds is 10. The van der Waals surface area contributed by atoms with Crippen molar-refractivity contribution in [3.05, 3.63) is 60.4 Å². The molecule has 3 N–H and O–H groups in total. The number of nitrogens with zero attached hydrogens (tertiary/aromatic N) is 2. The van der Waals surface area contributed by atoms with Crippen LogP contribution in [0.1, 0.15) is 5.56 Å². The summed E-state index contributed by atoms with van der Waals surface area (Å²) in [4.78, 5) is 8.04. The third-order valence-corrected chi connectivity index (χ3v) is 4.97. The first-order valence-electron chi connectivity index (χ1n) is 8.58. The van der Waals surface area contributed by atoms with Crippen LogP contribution in [0.3, 0.4) is 0 Å². The van der Waals surface area contributed by atoms with Crippen molar-refractivity contribution in [1.82, 2.24) is 20.3 Å². The first kappa shape index (κ1) is 24.3. The Kier molecular flexibility index (Phi) is 11.6. The molecule has 0 amide bonds. The largest absolute Gasteiger partial charge is 0.375 e. The summed E-state index contributed by atoms with van der Waals surface area (Å²) in [6.07, 6.45) is 2.84. The maximum atomic E-state index is 12.1. The number of guanidine groups is 1. The molecule has 28 heavy (non-hydrogen) atoms. The van der Waals surface area contributed by atoms with E-state index in [9.17, 15) is 8.42 Å². The molecule has 8 nitrogen and oxygen atoms in total. The first-order chi connectivity index (χ1) is 13.1. The van der Waals surface area contributed by atoms with Gasteiger partial charge in [-0.15, -0.1) is 24.0 Å². The predicted octanol–water partition coefficient (Wildman–Crippen LogP) is 1.36. The molecule has 0 atom stereocenters. The molecule has 1 heterocycles. The minimum absolute atomic E-state index is 0. The van der Waals surface area contributed by atoms with Gasteiger partial charge in [-0.25, -0.2) is 13.1 Å². The van der Waals surface area contributed by atoms with E-state index >= 15 is 0 Å². The second kappa shape index (κ2) is 13.4. The molecular weight excluding hydrogens is 493 g/mol. The number of aromatic nitrogens is 1. The Morgan fingerprint density at radius 2 is 1.82 bits per heavy atom. The molecule has 10 heteroatoms. The van der Waals surface area contributed by atoms with Crippen LogP contribution in [0.15, 0.2) is 64.7 Å². The number of halogens is 1. The molecule has 2 aromatic rings. The Balaban J connectivity index is 0.00000392. The Labute approximate surface area is 183 Å². The van der Waals surface area contributed by atoms with Crippen LogP contribution in [0, 0.1) is 0 Å². The lowest BCUT2D eigenvalue weighted by Gasteiger charge is -2.12. The zero-order valence-electron chi connectivity index (χ0n) is 15.7. The highest BCUT2D eigenvalue weighted by molar-refractivity contribution is 14.0. The number of hydrogen-bond donors (Lipinski definition) is 3. The van der Waals surface area contributed by atoms with Gasteiger partial charge in [0.15, 0.2) is 5.96 Å². The normalized spacial score (nSPS) is 11.5. The van der Waals surface area contributed by atoms with E-state index in [1.807, 2.05) is 30.3 Å². The molecule has 1 aromatic heterocycles. The van der Waals surface area contributed by atoms with Gasteiger partial charge in [-0.05, 0) is 17.7 Å². The van der Waals surface area contributed by atoms with Crippen molar-refractivity contribution in [2.45, 2.75) is 11.5 Å². The standard InChI is InChI=1S/C18H25N5O3S.HI/c1-19-18(22-12-13-26-15-16-6-3-2-4-7-16)21-10-11-23-27(24,25)17-8-5-9-20-14-17;/h2-9,14,23H,10-13,15H2,1H3,(H2,19,21,22);1H. The second-order valence-corrected chi connectivity index (χ2v) is 7.32. The van der Waals surface area contributed by atoms with Gasteiger partial charge in [-0.2, -0.15) is 0 Å². The Morgan fingerprint density at radius 3 is 2.50 bits per heavy atom. The fourth-order valence-corrected chi connectivity index (χ4v) is 3.18. The Morgan fingerprint density at radius 1 is 1.07 bits per heavy atom. The SMILES string of the molecule is CN=C(NCCNS(=O)(=O)c1cccnc1)NCCOCc1ccccc1.I. The van der Waals surface area contributed by atoms with Gasteiger partial charge in [0.1, 0.15) is 4.90 Å². The molecule has 0 aliphatic heterocycles. The summed E-state index contributed by atoms with van der Waals surface area (Å²) in [7, 11) is -1.90. The van der Waals surface area contributed by atoms with Crippen molar-refractivity contribution in [2.75, 3.05) is 33.3 Å². The quantitative estimate of drug-likeness (QED) is 0.190. The summed E-state index contributed by atoms with van der Waals surface area (Å²) in [5.41, 5.74) is 1.13. The van der Waals surface area contributed by atoms with E-state index in [1.54, 1.807) is 13.1 Å². The highest BCUT2D eigenvalue weighted by atomic mass is 127. The minimum atomic E-state index is -3.55. The third-order valence-electron chi connectivity index (χ3n) is 3.53. The second-order valence-electron chi connectivity index (χ2n) is 5.55. The topological polar surface area (TPSA) is 105 Å². The number of pyridine rings is 1. The van der Waals surface area contributed by atoms with Crippen molar-refractivity contribution in [3.8, 4) is 0 Å². The number of sulfonamides is 1. The lowest BCUT2D eigenvalue weighted by atomic mass is 10.2. The van der Waals surface area contributed by atoms with Gasteiger partial charge in [-0.3, -0.25) is 9.98 Å². The first-order valence-corrected chi connectivity index (χ1v) is 10.1. The monoisotopic (exact) mass is 519 g/mol. The molecule has 0 bridgehead atoms. The van der Waals surface area contributed by atoms with Gasteiger partial charge >= 0.3 is 0 Å². The number of nitrogens with one attached hydrogen (secondary N) is 3. The zero-order valence-corrected chi connectivity index (χ0v) is 18.8. The van der Waals surface area contributed by atoms with E-state index in [-0.39, 0.29) is 35.4 Å². The smallest absolute Gasteiger partial charge is 0.242 e. The van der Waals surface area contributed by atoms with Crippen LogP contribution in [0.2, 0.25) is 0 Å². The van der Waals surface area contributed by atoms with Gasteiger partial charge in [-0.1, -0.05) is 30.3 Å². The van der Waals surface area contributed by atoms with Gasteiger partial charge in [0, 0.05) is 39.1 Å². The van der Waals surface area contributed by atoms with Crippen LogP contribution >= 0.6 is 24.0 Å². The summed E-state index contributed by atoms with van der Waals surface area (Å²) < 4.78 is 32.2. The lowest BCUT2D eigenvalue weighted by Crippen LogP contribution is -2.42. The molecule has 1 aromatic carbocycles. The lowest BCUT2D eigenvalue weighted by molar-refractivity contribution is 0.125. The molecule has 154 valence electrons. The van der Waals surface area contributed by atoms with Crippen molar-refractivity contribution < 1.29 is 13.2 Å². The maximum absolute atomic E-state index is 12.1. The summed E-state index contributed by atoms with van der Waals surface area (Å²) in [6.45, 7) is 2.30. The van der Waals surface area contributed by atoms with E-state index in [4.69, 9.17) is 4.74 Å². The number of benzene rings is 1. The van der Waals surface area contributed by atoms with Crippen molar-refractivity contribution in [1.29, 1.82) is 0 Å². The molecule has 0 saturated heterocycles. The molecular formula is C18H26IN5O3S. The van der Waals surface area contributed by atoms with E-state index in [0.717, 1.165) is 5.56 Å². The van der Waals surface area contributed by atoms with E-state index in [0.29, 0.717) is 32.3 Å². The molecule has 2 rings (SSSR count). The molecule has 0 saturated carbocycles. The highest BCUT2D eigenvalue weighted by Gasteiger charge is 2.12.